The van der Waals surface area contributed by atoms with Crippen molar-refractivity contribution in [1.82, 2.24) is 0 Å². The largest absolute Gasteiger partial charge is 0.508 e. The number of phenols is 3. The van der Waals surface area contributed by atoms with Gasteiger partial charge in [-0.2, -0.15) is 0 Å². The summed E-state index contributed by atoms with van der Waals surface area (Å²) in [5.41, 5.74) is 2.14. The van der Waals surface area contributed by atoms with Gasteiger partial charge in [0, 0.05) is 23.3 Å². The first kappa shape index (κ1) is 13.3. The minimum atomic E-state index is -0.765. The van der Waals surface area contributed by atoms with Crippen LogP contribution in [-0.2, 0) is 4.79 Å². The molecule has 1 heterocycles. The van der Waals surface area contributed by atoms with E-state index in [1.165, 1.54) is 12.1 Å². The van der Waals surface area contributed by atoms with E-state index in [-0.39, 0.29) is 17.2 Å². The number of esters is 1. The normalized spacial score (nSPS) is 16.7. The third-order valence-electron chi connectivity index (χ3n) is 3.74. The van der Waals surface area contributed by atoms with Crippen LogP contribution in [0.15, 0.2) is 24.3 Å². The maximum absolute atomic E-state index is 12.1. The van der Waals surface area contributed by atoms with Gasteiger partial charge in [0.2, 0.25) is 0 Å². The molecule has 1 aliphatic heterocycles. The minimum Gasteiger partial charge on any atom is -0.508 e. The van der Waals surface area contributed by atoms with Gasteiger partial charge < -0.3 is 20.1 Å². The van der Waals surface area contributed by atoms with Crippen LogP contribution in [0, 0.1) is 13.8 Å². The van der Waals surface area contributed by atoms with Crippen LogP contribution < -0.4 is 4.74 Å². The molecule has 0 saturated carbocycles. The summed E-state index contributed by atoms with van der Waals surface area (Å²) < 4.78 is 5.16. The maximum Gasteiger partial charge on any atom is 0.323 e. The lowest BCUT2D eigenvalue weighted by atomic mass is 9.89. The molecule has 0 bridgehead atoms. The monoisotopic (exact) mass is 286 g/mol. The molecule has 1 atom stereocenters. The van der Waals surface area contributed by atoms with Crippen molar-refractivity contribution in [2.24, 2.45) is 0 Å². The zero-order valence-corrected chi connectivity index (χ0v) is 11.5. The Hall–Kier alpha value is -2.69. The molecule has 0 fully saturated rings. The van der Waals surface area contributed by atoms with Crippen molar-refractivity contribution in [3.63, 3.8) is 0 Å². The van der Waals surface area contributed by atoms with E-state index in [0.717, 1.165) is 0 Å². The number of phenolic OH excluding ortho intramolecular Hbond substituents is 3. The summed E-state index contributed by atoms with van der Waals surface area (Å²) in [6.07, 6.45) is 0. The Labute approximate surface area is 121 Å². The average molecular weight is 286 g/mol. The summed E-state index contributed by atoms with van der Waals surface area (Å²) in [6.45, 7) is 3.40. The lowest BCUT2D eigenvalue weighted by molar-refractivity contribution is -0.133. The second-order valence-corrected chi connectivity index (χ2v) is 5.23. The molecule has 1 unspecified atom stereocenters. The first-order valence-electron chi connectivity index (χ1n) is 6.46. The quantitative estimate of drug-likeness (QED) is 0.554. The summed E-state index contributed by atoms with van der Waals surface area (Å²) in [7, 11) is 0. The number of aryl methyl sites for hydroxylation is 2. The molecule has 5 heteroatoms. The molecule has 108 valence electrons. The highest BCUT2D eigenvalue weighted by Crippen LogP contribution is 2.45. The van der Waals surface area contributed by atoms with Crippen LogP contribution in [0.4, 0.5) is 0 Å². The van der Waals surface area contributed by atoms with E-state index in [9.17, 15) is 20.1 Å². The van der Waals surface area contributed by atoms with Crippen molar-refractivity contribution in [3.8, 4) is 23.0 Å². The summed E-state index contributed by atoms with van der Waals surface area (Å²) in [5.74, 6) is -1.15. The lowest BCUT2D eigenvalue weighted by Gasteiger charge is -2.12. The highest BCUT2D eigenvalue weighted by Gasteiger charge is 2.37. The Morgan fingerprint density at radius 3 is 2.10 bits per heavy atom. The SMILES string of the molecule is Cc1cc(C2C(=O)Oc3cc(O)c(C)cc32)c(O)cc1O. The third-order valence-corrected chi connectivity index (χ3v) is 3.74. The van der Waals surface area contributed by atoms with Crippen molar-refractivity contribution in [3.05, 3.63) is 46.5 Å². The second kappa shape index (κ2) is 4.41. The summed E-state index contributed by atoms with van der Waals surface area (Å²) >= 11 is 0. The van der Waals surface area contributed by atoms with Crippen LogP contribution in [0.2, 0.25) is 0 Å². The molecule has 2 aromatic carbocycles. The number of rotatable bonds is 1. The van der Waals surface area contributed by atoms with Gasteiger partial charge in [0.1, 0.15) is 28.9 Å². The van der Waals surface area contributed by atoms with Crippen molar-refractivity contribution in [2.75, 3.05) is 0 Å². The van der Waals surface area contributed by atoms with E-state index in [4.69, 9.17) is 4.74 Å². The number of carbonyl (C=O) groups excluding carboxylic acids is 1. The zero-order chi connectivity index (χ0) is 15.3. The Morgan fingerprint density at radius 1 is 0.857 bits per heavy atom. The van der Waals surface area contributed by atoms with Gasteiger partial charge in [-0.3, -0.25) is 4.79 Å². The van der Waals surface area contributed by atoms with Crippen molar-refractivity contribution < 1.29 is 24.9 Å². The standard InChI is InChI=1S/C16H14O5/c1-7-3-9(13(19)5-11(7)17)15-10-4-8(2)12(18)6-14(10)21-16(15)20/h3-6,15,17-19H,1-2H3. The molecule has 2 aromatic rings. The molecular weight excluding hydrogens is 272 g/mol. The number of hydrogen-bond acceptors (Lipinski definition) is 5. The van der Waals surface area contributed by atoms with Gasteiger partial charge >= 0.3 is 5.97 Å². The van der Waals surface area contributed by atoms with Crippen LogP contribution in [-0.4, -0.2) is 21.3 Å². The first-order chi connectivity index (χ1) is 9.88. The Morgan fingerprint density at radius 2 is 1.43 bits per heavy atom. The smallest absolute Gasteiger partial charge is 0.323 e. The Balaban J connectivity index is 2.19. The van der Waals surface area contributed by atoms with E-state index in [1.54, 1.807) is 26.0 Å². The fourth-order valence-electron chi connectivity index (χ4n) is 2.54. The van der Waals surface area contributed by atoms with Gasteiger partial charge in [-0.25, -0.2) is 0 Å². The molecule has 0 saturated heterocycles. The van der Waals surface area contributed by atoms with Gasteiger partial charge in [0.05, 0.1) is 0 Å². The van der Waals surface area contributed by atoms with Crippen molar-refractivity contribution in [2.45, 2.75) is 19.8 Å². The number of ether oxygens (including phenoxy) is 1. The molecule has 1 aliphatic rings. The average Bonchev–Trinajstić information content (AvgIpc) is 2.70. The molecule has 0 aromatic heterocycles. The van der Waals surface area contributed by atoms with Crippen LogP contribution in [0.25, 0.3) is 0 Å². The summed E-state index contributed by atoms with van der Waals surface area (Å²) in [5, 5.41) is 29.3. The molecule has 5 nitrogen and oxygen atoms in total. The summed E-state index contributed by atoms with van der Waals surface area (Å²) in [4.78, 5) is 12.1. The molecule has 0 spiro atoms. The Kier molecular flexibility index (Phi) is 2.79. The van der Waals surface area contributed by atoms with E-state index in [2.05, 4.69) is 0 Å². The number of aromatic hydroxyl groups is 3. The molecule has 3 rings (SSSR count). The van der Waals surface area contributed by atoms with Gasteiger partial charge in [0.15, 0.2) is 0 Å². The Bertz CT molecular complexity index is 764. The lowest BCUT2D eigenvalue weighted by Crippen LogP contribution is -2.12. The predicted molar refractivity (Wildman–Crippen MR) is 74.8 cm³/mol. The molecule has 0 radical (unpaired) electrons. The van der Waals surface area contributed by atoms with E-state index in [0.29, 0.717) is 28.0 Å². The number of fused-ring (bicyclic) bond motifs is 1. The first-order valence-corrected chi connectivity index (χ1v) is 6.46. The van der Waals surface area contributed by atoms with Gasteiger partial charge in [-0.15, -0.1) is 0 Å². The van der Waals surface area contributed by atoms with Crippen molar-refractivity contribution in [1.29, 1.82) is 0 Å². The highest BCUT2D eigenvalue weighted by atomic mass is 16.5. The van der Waals surface area contributed by atoms with E-state index >= 15 is 0 Å². The van der Waals surface area contributed by atoms with Crippen LogP contribution in [0.1, 0.15) is 28.2 Å². The zero-order valence-electron chi connectivity index (χ0n) is 11.5. The minimum absolute atomic E-state index is 0.0373. The van der Waals surface area contributed by atoms with Gasteiger partial charge in [-0.1, -0.05) is 0 Å². The summed E-state index contributed by atoms with van der Waals surface area (Å²) in [6, 6.07) is 5.84. The molecule has 3 N–H and O–H groups in total. The molecular formula is C16H14O5. The van der Waals surface area contributed by atoms with Gasteiger partial charge in [-0.05, 0) is 37.1 Å². The highest BCUT2D eigenvalue weighted by molar-refractivity contribution is 5.90. The number of hydrogen-bond donors (Lipinski definition) is 3. The number of carbonyl (C=O) groups is 1. The van der Waals surface area contributed by atoms with E-state index in [1.807, 2.05) is 0 Å². The van der Waals surface area contributed by atoms with Crippen molar-refractivity contribution >= 4 is 5.97 Å². The van der Waals surface area contributed by atoms with Crippen LogP contribution >= 0.6 is 0 Å². The molecule has 0 amide bonds. The second-order valence-electron chi connectivity index (χ2n) is 5.23. The van der Waals surface area contributed by atoms with E-state index < -0.39 is 11.9 Å². The fourth-order valence-corrected chi connectivity index (χ4v) is 2.54. The van der Waals surface area contributed by atoms with Crippen LogP contribution in [0.3, 0.4) is 0 Å². The molecule has 21 heavy (non-hydrogen) atoms. The topological polar surface area (TPSA) is 87.0 Å². The fraction of sp³-hybridized carbons (Fsp3) is 0.188. The predicted octanol–water partition coefficient (Wildman–Crippen LogP) is 2.47. The maximum atomic E-state index is 12.1. The van der Waals surface area contributed by atoms with Crippen LogP contribution in [0.5, 0.6) is 23.0 Å². The number of benzene rings is 2. The molecule has 0 aliphatic carbocycles. The third kappa shape index (κ3) is 1.98. The van der Waals surface area contributed by atoms with Gasteiger partial charge in [0.25, 0.3) is 0 Å².